The van der Waals surface area contributed by atoms with Gasteiger partial charge in [0.1, 0.15) is 0 Å². The topological polar surface area (TPSA) is 20.3 Å². The summed E-state index contributed by atoms with van der Waals surface area (Å²) < 4.78 is 15.5. The zero-order valence-corrected chi connectivity index (χ0v) is 9.74. The van der Waals surface area contributed by atoms with Gasteiger partial charge in [-0.15, -0.1) is 0 Å². The van der Waals surface area contributed by atoms with Crippen LogP contribution in [0.15, 0.2) is 30.3 Å². The molecule has 0 radical (unpaired) electrons. The first kappa shape index (κ1) is 8.96. The van der Waals surface area contributed by atoms with Gasteiger partial charge >= 0.3 is 0 Å². The van der Waals surface area contributed by atoms with Crippen molar-refractivity contribution in [3.05, 3.63) is 35.8 Å². The van der Waals surface area contributed by atoms with Crippen molar-refractivity contribution in [1.29, 1.82) is 0 Å². The van der Waals surface area contributed by atoms with Gasteiger partial charge in [-0.2, -0.15) is 0 Å². The van der Waals surface area contributed by atoms with E-state index in [9.17, 15) is 4.79 Å². The van der Waals surface area contributed by atoms with Crippen LogP contribution in [0.3, 0.4) is 0 Å². The third-order valence-electron chi connectivity index (χ3n) is 2.21. The van der Waals surface area contributed by atoms with E-state index in [1.165, 1.54) is 0 Å². The fraction of sp³-hybridized carbons (Fsp3) is 0.462. The zero-order chi connectivity index (χ0) is 13.2. The lowest BCUT2D eigenvalue weighted by Crippen LogP contribution is -2.42. The Kier molecular flexibility index (Phi) is 2.96. The van der Waals surface area contributed by atoms with E-state index < -0.39 is 0 Å². The second-order valence-electron chi connectivity index (χ2n) is 4.09. The number of benzene rings is 1. The molecule has 2 nitrogen and oxygen atoms in total. The number of hydrogen-bond donors (Lipinski definition) is 0. The maximum atomic E-state index is 12.4. The number of nitrogens with zero attached hydrogens (tertiary/aromatic N) is 1. The van der Waals surface area contributed by atoms with Crippen molar-refractivity contribution in [2.75, 3.05) is 0 Å². The fourth-order valence-corrected chi connectivity index (χ4v) is 1.67. The molecule has 0 aliphatic rings. The Balaban J connectivity index is 3.19. The molecule has 0 aromatic heterocycles. The smallest absolute Gasteiger partial charge is 0.254 e. The van der Waals surface area contributed by atoms with Gasteiger partial charge in [0.25, 0.3) is 5.91 Å². The van der Waals surface area contributed by atoms with Crippen molar-refractivity contribution >= 4 is 5.91 Å². The average molecular weight is 207 g/mol. The lowest BCUT2D eigenvalue weighted by Gasteiger charge is -2.30. The molecular weight excluding hydrogens is 186 g/mol. The van der Waals surface area contributed by atoms with Gasteiger partial charge in [0.15, 0.2) is 0 Å². The van der Waals surface area contributed by atoms with E-state index in [-0.39, 0.29) is 35.6 Å². The van der Waals surface area contributed by atoms with E-state index in [0.29, 0.717) is 0 Å². The monoisotopic (exact) mass is 207 g/mol. The lowest BCUT2D eigenvalue weighted by molar-refractivity contribution is 0.0644. The molecule has 0 saturated carbocycles. The molecule has 82 valence electrons. The van der Waals surface area contributed by atoms with Crippen LogP contribution in [0.4, 0.5) is 0 Å². The second kappa shape index (κ2) is 4.96. The van der Waals surface area contributed by atoms with Crippen LogP contribution in [0.5, 0.6) is 0 Å². The highest BCUT2D eigenvalue weighted by Crippen LogP contribution is 2.11. The molecule has 15 heavy (non-hydrogen) atoms. The molecular formula is C13H19NO. The van der Waals surface area contributed by atoms with Gasteiger partial charge in [-0.05, 0) is 39.8 Å². The first-order valence-corrected chi connectivity index (χ1v) is 5.25. The minimum atomic E-state index is -0.231. The summed E-state index contributed by atoms with van der Waals surface area (Å²) in [6, 6.07) is 5.07. The van der Waals surface area contributed by atoms with Gasteiger partial charge in [-0.1, -0.05) is 18.2 Å². The number of carbonyl (C=O) groups excluding carboxylic acids is 1. The maximum absolute atomic E-state index is 12.4. The molecule has 0 aliphatic heterocycles. The molecule has 2 heteroatoms. The Labute approximate surface area is 94.7 Å². The molecule has 0 N–H and O–H groups in total. The third-order valence-corrected chi connectivity index (χ3v) is 2.21. The van der Waals surface area contributed by atoms with Crippen LogP contribution in [-0.2, 0) is 0 Å². The second-order valence-corrected chi connectivity index (χ2v) is 4.09. The van der Waals surface area contributed by atoms with Crippen LogP contribution in [0, 0.1) is 0 Å². The molecule has 1 aromatic rings. The number of carbonyl (C=O) groups is 1. The third kappa shape index (κ3) is 2.82. The van der Waals surface area contributed by atoms with Crippen molar-refractivity contribution < 1.29 is 7.54 Å². The van der Waals surface area contributed by atoms with Crippen molar-refractivity contribution in [1.82, 2.24) is 4.90 Å². The Bertz CT molecular complexity index is 388. The molecule has 0 fully saturated rings. The highest BCUT2D eigenvalue weighted by molar-refractivity contribution is 5.94. The van der Waals surface area contributed by atoms with Gasteiger partial charge in [-0.25, -0.2) is 0 Å². The van der Waals surface area contributed by atoms with E-state index in [2.05, 4.69) is 0 Å². The molecule has 0 heterocycles. The Morgan fingerprint density at radius 3 is 2.00 bits per heavy atom. The molecule has 0 aliphatic carbocycles. The first-order valence-electron chi connectivity index (χ1n) is 6.25. The SMILES string of the molecule is [2H]c1cccc([2H])c1C(=O)N(C(C)C)C(C)C. The largest absolute Gasteiger partial charge is 0.334 e. The summed E-state index contributed by atoms with van der Waals surface area (Å²) in [5.74, 6) is -0.231. The molecule has 1 rings (SSSR count). The van der Waals surface area contributed by atoms with Crippen molar-refractivity contribution in [2.45, 2.75) is 39.8 Å². The normalized spacial score (nSPS) is 12.7. The summed E-state index contributed by atoms with van der Waals surface area (Å²) in [5, 5.41) is 0. The molecule has 0 bridgehead atoms. The molecule has 1 amide bonds. The summed E-state index contributed by atoms with van der Waals surface area (Å²) in [6.45, 7) is 7.75. The molecule has 0 unspecified atom stereocenters. The van der Waals surface area contributed by atoms with E-state index >= 15 is 0 Å². The van der Waals surface area contributed by atoms with E-state index in [1.54, 1.807) is 23.1 Å². The lowest BCUT2D eigenvalue weighted by atomic mass is 10.1. The van der Waals surface area contributed by atoms with Gasteiger partial charge < -0.3 is 4.90 Å². The van der Waals surface area contributed by atoms with Crippen LogP contribution >= 0.6 is 0 Å². The van der Waals surface area contributed by atoms with Crippen LogP contribution < -0.4 is 0 Å². The Hall–Kier alpha value is -1.31. The number of hydrogen-bond acceptors (Lipinski definition) is 1. The predicted octanol–water partition coefficient (Wildman–Crippen LogP) is 2.95. The number of amides is 1. The molecule has 0 spiro atoms. The van der Waals surface area contributed by atoms with Crippen molar-refractivity contribution in [2.24, 2.45) is 0 Å². The van der Waals surface area contributed by atoms with E-state index in [4.69, 9.17) is 2.74 Å². The molecule has 0 saturated heterocycles. The van der Waals surface area contributed by atoms with Crippen molar-refractivity contribution in [3.63, 3.8) is 0 Å². The summed E-state index contributed by atoms with van der Waals surface area (Å²) in [6.07, 6.45) is 0. The van der Waals surface area contributed by atoms with Gasteiger partial charge in [-0.3, -0.25) is 4.79 Å². The van der Waals surface area contributed by atoms with Gasteiger partial charge in [0.05, 0.1) is 2.74 Å². The Morgan fingerprint density at radius 2 is 1.60 bits per heavy atom. The maximum Gasteiger partial charge on any atom is 0.254 e. The quantitative estimate of drug-likeness (QED) is 0.746. The summed E-state index contributed by atoms with van der Waals surface area (Å²) in [7, 11) is 0. The number of rotatable bonds is 3. The Morgan fingerprint density at radius 1 is 1.13 bits per heavy atom. The van der Waals surface area contributed by atoms with Gasteiger partial charge in [0, 0.05) is 17.6 Å². The molecule has 1 aromatic carbocycles. The van der Waals surface area contributed by atoms with Crippen LogP contribution in [-0.4, -0.2) is 22.9 Å². The summed E-state index contributed by atoms with van der Waals surface area (Å²) >= 11 is 0. The van der Waals surface area contributed by atoms with Gasteiger partial charge in [0.2, 0.25) is 0 Å². The van der Waals surface area contributed by atoms with E-state index in [1.807, 2.05) is 27.7 Å². The predicted molar refractivity (Wildman–Crippen MR) is 62.9 cm³/mol. The average Bonchev–Trinajstić information content (AvgIpc) is 2.15. The van der Waals surface area contributed by atoms with Crippen LogP contribution in [0.25, 0.3) is 0 Å². The van der Waals surface area contributed by atoms with Crippen molar-refractivity contribution in [3.8, 4) is 0 Å². The molecule has 0 atom stereocenters. The summed E-state index contributed by atoms with van der Waals surface area (Å²) in [4.78, 5) is 14.1. The highest BCUT2D eigenvalue weighted by atomic mass is 16.2. The van der Waals surface area contributed by atoms with Crippen LogP contribution in [0.2, 0.25) is 0 Å². The highest BCUT2D eigenvalue weighted by Gasteiger charge is 2.20. The zero-order valence-electron chi connectivity index (χ0n) is 11.7. The fourth-order valence-electron chi connectivity index (χ4n) is 1.67. The first-order chi connectivity index (χ1) is 7.86. The van der Waals surface area contributed by atoms with Crippen LogP contribution in [0.1, 0.15) is 40.8 Å². The standard InChI is InChI=1S/C13H19NO/c1-10(2)14(11(3)4)13(15)12-8-6-5-7-9-12/h5-11H,1-4H3/i8D,9D. The summed E-state index contributed by atoms with van der Waals surface area (Å²) in [5.41, 5.74) is 0.190. The minimum Gasteiger partial charge on any atom is -0.334 e. The minimum absolute atomic E-state index is 0.0570. The van der Waals surface area contributed by atoms with E-state index in [0.717, 1.165) is 0 Å².